The minimum Gasteiger partial charge on any atom is -0.459 e. The molecule has 0 aliphatic heterocycles. The van der Waals surface area contributed by atoms with Crippen LogP contribution in [0.3, 0.4) is 0 Å². The lowest BCUT2D eigenvalue weighted by Gasteiger charge is -2.14. The largest absolute Gasteiger partial charge is 0.459 e. The molecule has 4 heteroatoms. The van der Waals surface area contributed by atoms with E-state index in [2.05, 4.69) is 35.7 Å². The van der Waals surface area contributed by atoms with Crippen molar-refractivity contribution in [3.05, 3.63) is 53.5 Å². The van der Waals surface area contributed by atoms with Crippen molar-refractivity contribution >= 4 is 11.0 Å². The monoisotopic (exact) mass is 269 g/mol. The normalized spacial score (nSPS) is 12.9. The molecule has 0 saturated carbocycles. The fourth-order valence-electron chi connectivity index (χ4n) is 2.61. The summed E-state index contributed by atoms with van der Waals surface area (Å²) in [5.74, 6) is 0.934. The van der Waals surface area contributed by atoms with Gasteiger partial charge in [0.25, 0.3) is 0 Å². The number of nitrogens with one attached hydrogen (secondary N) is 1. The van der Waals surface area contributed by atoms with Gasteiger partial charge in [0, 0.05) is 24.2 Å². The number of para-hydroxylation sites is 1. The third-order valence-corrected chi connectivity index (χ3v) is 3.50. The summed E-state index contributed by atoms with van der Waals surface area (Å²) in [6.45, 7) is 5.00. The zero-order valence-corrected chi connectivity index (χ0v) is 12.1. The maximum atomic E-state index is 6.00. The highest BCUT2D eigenvalue weighted by molar-refractivity contribution is 5.78. The Morgan fingerprint density at radius 1 is 1.35 bits per heavy atom. The maximum Gasteiger partial charge on any atom is 0.134 e. The molecule has 0 amide bonds. The number of rotatable bonds is 4. The van der Waals surface area contributed by atoms with Crippen LogP contribution in [0.15, 0.2) is 40.9 Å². The zero-order chi connectivity index (χ0) is 14.1. The molecule has 4 nitrogen and oxygen atoms in total. The lowest BCUT2D eigenvalue weighted by atomic mass is 10.1. The van der Waals surface area contributed by atoms with Crippen molar-refractivity contribution in [1.82, 2.24) is 15.1 Å². The van der Waals surface area contributed by atoms with Crippen LogP contribution in [-0.4, -0.2) is 16.3 Å². The first-order valence-corrected chi connectivity index (χ1v) is 6.91. The third-order valence-electron chi connectivity index (χ3n) is 3.50. The molecular formula is C16H19N3O. The molecule has 1 aromatic carbocycles. The van der Waals surface area contributed by atoms with Crippen molar-refractivity contribution in [2.75, 3.05) is 6.54 Å². The van der Waals surface area contributed by atoms with Crippen LogP contribution in [-0.2, 0) is 7.05 Å². The van der Waals surface area contributed by atoms with Gasteiger partial charge in [0.15, 0.2) is 0 Å². The Morgan fingerprint density at radius 2 is 2.15 bits per heavy atom. The maximum absolute atomic E-state index is 6.00. The molecule has 2 aromatic heterocycles. The van der Waals surface area contributed by atoms with Gasteiger partial charge >= 0.3 is 0 Å². The van der Waals surface area contributed by atoms with Crippen molar-refractivity contribution in [1.29, 1.82) is 0 Å². The molecule has 0 aliphatic carbocycles. The van der Waals surface area contributed by atoms with Crippen LogP contribution in [0.2, 0.25) is 0 Å². The second-order valence-electron chi connectivity index (χ2n) is 5.02. The number of furan rings is 1. The van der Waals surface area contributed by atoms with Crippen molar-refractivity contribution < 1.29 is 4.42 Å². The van der Waals surface area contributed by atoms with E-state index < -0.39 is 0 Å². The zero-order valence-electron chi connectivity index (χ0n) is 12.1. The Morgan fingerprint density at radius 3 is 2.80 bits per heavy atom. The molecule has 1 N–H and O–H groups in total. The van der Waals surface area contributed by atoms with Gasteiger partial charge in [-0.3, -0.25) is 4.68 Å². The van der Waals surface area contributed by atoms with Gasteiger partial charge < -0.3 is 9.73 Å². The van der Waals surface area contributed by atoms with Gasteiger partial charge in [-0.2, -0.15) is 5.10 Å². The van der Waals surface area contributed by atoms with Crippen molar-refractivity contribution in [2.24, 2.45) is 7.05 Å². The van der Waals surface area contributed by atoms with Crippen LogP contribution in [0.5, 0.6) is 0 Å². The van der Waals surface area contributed by atoms with Crippen LogP contribution in [0.1, 0.15) is 30.0 Å². The molecule has 104 valence electrons. The Bertz CT molecular complexity index is 693. The Balaban J connectivity index is 2.08. The van der Waals surface area contributed by atoms with Gasteiger partial charge in [0.1, 0.15) is 11.3 Å². The highest BCUT2D eigenvalue weighted by atomic mass is 16.3. The van der Waals surface area contributed by atoms with Crippen molar-refractivity contribution in [3.63, 3.8) is 0 Å². The summed E-state index contributed by atoms with van der Waals surface area (Å²) in [5.41, 5.74) is 3.11. The van der Waals surface area contributed by atoms with Gasteiger partial charge in [-0.15, -0.1) is 0 Å². The summed E-state index contributed by atoms with van der Waals surface area (Å²) in [6, 6.07) is 10.2. The molecule has 3 aromatic rings. The topological polar surface area (TPSA) is 43.0 Å². The van der Waals surface area contributed by atoms with Gasteiger partial charge in [-0.25, -0.2) is 0 Å². The summed E-state index contributed by atoms with van der Waals surface area (Å²) in [7, 11) is 1.94. The minimum atomic E-state index is 0.0427. The lowest BCUT2D eigenvalue weighted by molar-refractivity contribution is 0.476. The molecule has 1 unspecified atom stereocenters. The fourth-order valence-corrected chi connectivity index (χ4v) is 2.61. The van der Waals surface area contributed by atoms with Crippen LogP contribution >= 0.6 is 0 Å². The van der Waals surface area contributed by atoms with Gasteiger partial charge in [0.05, 0.1) is 11.7 Å². The molecule has 0 radical (unpaired) electrons. The average Bonchev–Trinajstić information content (AvgIpc) is 2.99. The molecule has 0 fully saturated rings. The Hall–Kier alpha value is -2.07. The molecule has 1 atom stereocenters. The van der Waals surface area contributed by atoms with E-state index in [0.717, 1.165) is 34.5 Å². The first-order chi connectivity index (χ1) is 9.69. The van der Waals surface area contributed by atoms with E-state index in [9.17, 15) is 0 Å². The number of fused-ring (bicyclic) bond motifs is 1. The molecule has 0 bridgehead atoms. The van der Waals surface area contributed by atoms with Crippen LogP contribution in [0, 0.1) is 6.92 Å². The highest BCUT2D eigenvalue weighted by Crippen LogP contribution is 2.29. The molecule has 0 aliphatic rings. The molecule has 0 spiro atoms. The number of hydrogen-bond acceptors (Lipinski definition) is 3. The highest BCUT2D eigenvalue weighted by Gasteiger charge is 2.21. The molecule has 2 heterocycles. The average molecular weight is 269 g/mol. The molecule has 20 heavy (non-hydrogen) atoms. The number of benzene rings is 1. The van der Waals surface area contributed by atoms with E-state index in [-0.39, 0.29) is 6.04 Å². The van der Waals surface area contributed by atoms with E-state index in [1.165, 1.54) is 0 Å². The first kappa shape index (κ1) is 12.9. The molecule has 3 rings (SSSR count). The second-order valence-corrected chi connectivity index (χ2v) is 5.02. The minimum absolute atomic E-state index is 0.0427. The first-order valence-electron chi connectivity index (χ1n) is 6.91. The number of aromatic nitrogens is 2. The SMILES string of the molecule is CCNC(c1cc2ccccc2o1)c1cn(C)nc1C. The second kappa shape index (κ2) is 5.13. The summed E-state index contributed by atoms with van der Waals surface area (Å²) < 4.78 is 7.85. The standard InChI is InChI=1S/C16H19N3O/c1-4-17-16(13-10-19(3)18-11(13)2)15-9-12-7-5-6-8-14(12)20-15/h5-10,16-17H,4H2,1-3H3. The Labute approximate surface area is 118 Å². The summed E-state index contributed by atoms with van der Waals surface area (Å²) in [6.07, 6.45) is 2.05. The summed E-state index contributed by atoms with van der Waals surface area (Å²) in [5, 5.41) is 9.04. The van der Waals surface area contributed by atoms with E-state index >= 15 is 0 Å². The van der Waals surface area contributed by atoms with Crippen LogP contribution in [0.25, 0.3) is 11.0 Å². The van der Waals surface area contributed by atoms with Crippen LogP contribution < -0.4 is 5.32 Å². The van der Waals surface area contributed by atoms with E-state index in [4.69, 9.17) is 4.42 Å². The summed E-state index contributed by atoms with van der Waals surface area (Å²) in [4.78, 5) is 0. The molecular weight excluding hydrogens is 250 g/mol. The fraction of sp³-hybridized carbons (Fsp3) is 0.312. The van der Waals surface area contributed by atoms with E-state index in [0.29, 0.717) is 0 Å². The predicted molar refractivity (Wildman–Crippen MR) is 79.7 cm³/mol. The smallest absolute Gasteiger partial charge is 0.134 e. The quantitative estimate of drug-likeness (QED) is 0.791. The summed E-state index contributed by atoms with van der Waals surface area (Å²) >= 11 is 0. The number of aryl methyl sites for hydroxylation is 2. The van der Waals surface area contributed by atoms with Crippen molar-refractivity contribution in [2.45, 2.75) is 19.9 Å². The number of hydrogen-bond donors (Lipinski definition) is 1. The van der Waals surface area contributed by atoms with Crippen LogP contribution in [0.4, 0.5) is 0 Å². The number of nitrogens with zero attached hydrogens (tertiary/aromatic N) is 2. The molecule has 0 saturated heterocycles. The van der Waals surface area contributed by atoms with Gasteiger partial charge in [-0.05, 0) is 25.6 Å². The van der Waals surface area contributed by atoms with E-state index in [1.54, 1.807) is 0 Å². The Kier molecular flexibility index (Phi) is 3.32. The van der Waals surface area contributed by atoms with Gasteiger partial charge in [0.2, 0.25) is 0 Å². The lowest BCUT2D eigenvalue weighted by Crippen LogP contribution is -2.21. The van der Waals surface area contributed by atoms with E-state index in [1.807, 2.05) is 36.9 Å². The third kappa shape index (κ3) is 2.23. The van der Waals surface area contributed by atoms with Gasteiger partial charge in [-0.1, -0.05) is 25.1 Å². The predicted octanol–water partition coefficient (Wildman–Crippen LogP) is 3.17. The van der Waals surface area contributed by atoms with Crippen molar-refractivity contribution in [3.8, 4) is 0 Å².